The highest BCUT2D eigenvalue weighted by atomic mass is 16.5. The van der Waals surface area contributed by atoms with E-state index in [9.17, 15) is 0 Å². The first-order valence-electron chi connectivity index (χ1n) is 8.89. The molecule has 0 spiro atoms. The minimum Gasteiger partial charge on any atom is -0.376 e. The van der Waals surface area contributed by atoms with E-state index in [0.29, 0.717) is 0 Å². The summed E-state index contributed by atoms with van der Waals surface area (Å²) < 4.78 is 8.13. The summed E-state index contributed by atoms with van der Waals surface area (Å²) in [6.45, 7) is 5.57. The van der Waals surface area contributed by atoms with Gasteiger partial charge in [-0.15, -0.1) is 0 Å². The van der Waals surface area contributed by atoms with Gasteiger partial charge in [-0.3, -0.25) is 14.7 Å². The van der Waals surface area contributed by atoms with Crippen molar-refractivity contribution in [2.75, 3.05) is 20.2 Å². The molecule has 0 unspecified atom stereocenters. The third-order valence-electron chi connectivity index (χ3n) is 5.01. The molecule has 0 amide bonds. The summed E-state index contributed by atoms with van der Waals surface area (Å²) in [5, 5.41) is 11.8. The van der Waals surface area contributed by atoms with Gasteiger partial charge < -0.3 is 4.74 Å². The first kappa shape index (κ1) is 15.8. The van der Waals surface area contributed by atoms with E-state index in [4.69, 9.17) is 4.74 Å². The van der Waals surface area contributed by atoms with Gasteiger partial charge in [-0.2, -0.15) is 10.2 Å². The van der Waals surface area contributed by atoms with Gasteiger partial charge in [-0.1, -0.05) is 0 Å². The zero-order valence-electron chi connectivity index (χ0n) is 14.5. The molecule has 2 aromatic heterocycles. The van der Waals surface area contributed by atoms with E-state index in [-0.39, 0.29) is 12.0 Å². The average Bonchev–Trinajstić information content (AvgIpc) is 2.91. The number of nitrogens with zero attached hydrogens (tertiary/aromatic N) is 5. The smallest absolute Gasteiger partial charge is 0.156 e. The van der Waals surface area contributed by atoms with Gasteiger partial charge in [0, 0.05) is 32.4 Å². The van der Waals surface area contributed by atoms with E-state index in [1.807, 2.05) is 13.1 Å². The number of nitrogens with one attached hydrogen (secondary N) is 1. The Labute approximate surface area is 142 Å². The largest absolute Gasteiger partial charge is 0.376 e. The highest BCUT2D eigenvalue weighted by molar-refractivity contribution is 5.05. The van der Waals surface area contributed by atoms with Crippen molar-refractivity contribution >= 4 is 0 Å². The predicted octanol–water partition coefficient (Wildman–Crippen LogP) is 1.72. The van der Waals surface area contributed by atoms with Crippen LogP contribution in [0.2, 0.25) is 0 Å². The second kappa shape index (κ2) is 6.64. The molecule has 4 rings (SSSR count). The maximum absolute atomic E-state index is 5.97. The molecule has 0 bridgehead atoms. The van der Waals surface area contributed by atoms with Gasteiger partial charge in [0.25, 0.3) is 0 Å². The Bertz CT molecular complexity index is 676. The third kappa shape index (κ3) is 3.52. The van der Waals surface area contributed by atoms with Crippen LogP contribution in [0.25, 0.3) is 0 Å². The van der Waals surface area contributed by atoms with Gasteiger partial charge in [-0.25, -0.2) is 4.98 Å². The van der Waals surface area contributed by atoms with Crippen molar-refractivity contribution < 1.29 is 4.74 Å². The van der Waals surface area contributed by atoms with E-state index >= 15 is 0 Å². The van der Waals surface area contributed by atoms with Crippen LogP contribution in [0.3, 0.4) is 0 Å². The minimum absolute atomic E-state index is 0.157. The fraction of sp³-hybridized carbons (Fsp3) is 0.706. The van der Waals surface area contributed by atoms with Crippen LogP contribution in [0, 0.1) is 12.8 Å². The highest BCUT2D eigenvalue weighted by Crippen LogP contribution is 2.31. The summed E-state index contributed by atoms with van der Waals surface area (Å²) in [7, 11) is 2.15. The van der Waals surface area contributed by atoms with Crippen molar-refractivity contribution in [3.05, 3.63) is 29.6 Å². The standard InChI is InChI=1S/C17H26N6O/c1-12-19-17(21-20-12)15-6-8-24-16(15)11-22(2)10-14-5-7-18-23(14)9-13-3-4-13/h5,7,13,15-16H,3-4,6,8-11H2,1-2H3,(H,19,20,21)/t15-,16-/m1/s1. The number of aryl methyl sites for hydroxylation is 1. The second-order valence-corrected chi connectivity index (χ2v) is 7.23. The molecule has 0 aromatic carbocycles. The van der Waals surface area contributed by atoms with Gasteiger partial charge in [0.15, 0.2) is 5.82 Å². The lowest BCUT2D eigenvalue weighted by Gasteiger charge is -2.23. The molecule has 7 heteroatoms. The number of H-pyrrole nitrogens is 1. The minimum atomic E-state index is 0.157. The van der Waals surface area contributed by atoms with E-state index < -0.39 is 0 Å². The molecule has 1 saturated heterocycles. The molecule has 2 aromatic rings. The molecule has 2 atom stereocenters. The summed E-state index contributed by atoms with van der Waals surface area (Å²) in [5.74, 6) is 2.88. The van der Waals surface area contributed by atoms with Gasteiger partial charge in [0.05, 0.1) is 17.7 Å². The zero-order chi connectivity index (χ0) is 16.5. The number of likely N-dealkylation sites (N-methyl/N-ethyl adjacent to an activating group) is 1. The monoisotopic (exact) mass is 330 g/mol. The average molecular weight is 330 g/mol. The summed E-state index contributed by atoms with van der Waals surface area (Å²) >= 11 is 0. The van der Waals surface area contributed by atoms with Crippen molar-refractivity contribution in [2.24, 2.45) is 5.92 Å². The Morgan fingerprint density at radius 1 is 1.38 bits per heavy atom. The summed E-state index contributed by atoms with van der Waals surface area (Å²) in [4.78, 5) is 6.82. The van der Waals surface area contributed by atoms with Gasteiger partial charge in [-0.05, 0) is 45.2 Å². The molecule has 7 nitrogen and oxygen atoms in total. The Morgan fingerprint density at radius 3 is 3.00 bits per heavy atom. The molecule has 2 aliphatic rings. The summed E-state index contributed by atoms with van der Waals surface area (Å²) in [6, 6.07) is 2.13. The Hall–Kier alpha value is -1.73. The maximum atomic E-state index is 5.97. The Kier molecular flexibility index (Phi) is 4.37. The molecule has 3 heterocycles. The molecule has 2 fully saturated rings. The fourth-order valence-electron chi connectivity index (χ4n) is 3.50. The SMILES string of the molecule is Cc1nc([C@@H]2CCO[C@@H]2CN(C)Cc2ccnn2CC2CC2)n[nH]1. The molecule has 24 heavy (non-hydrogen) atoms. The molecule has 1 saturated carbocycles. The quantitative estimate of drug-likeness (QED) is 0.837. The van der Waals surface area contributed by atoms with Crippen LogP contribution in [0.1, 0.15) is 42.5 Å². The van der Waals surface area contributed by atoms with Crippen LogP contribution in [0.5, 0.6) is 0 Å². The molecule has 1 aliphatic carbocycles. The van der Waals surface area contributed by atoms with E-state index in [2.05, 4.69) is 43.0 Å². The van der Waals surface area contributed by atoms with Crippen LogP contribution in [-0.2, 0) is 17.8 Å². The van der Waals surface area contributed by atoms with Gasteiger partial charge >= 0.3 is 0 Å². The molecule has 1 N–H and O–H groups in total. The van der Waals surface area contributed by atoms with E-state index in [0.717, 1.165) is 50.2 Å². The second-order valence-electron chi connectivity index (χ2n) is 7.23. The Balaban J connectivity index is 1.36. The van der Waals surface area contributed by atoms with Crippen LogP contribution in [-0.4, -0.2) is 56.2 Å². The number of hydrogen-bond acceptors (Lipinski definition) is 5. The zero-order valence-corrected chi connectivity index (χ0v) is 14.5. The van der Waals surface area contributed by atoms with E-state index in [1.54, 1.807) is 0 Å². The first-order chi connectivity index (χ1) is 11.7. The third-order valence-corrected chi connectivity index (χ3v) is 5.01. The number of aromatic amines is 1. The lowest BCUT2D eigenvalue weighted by Crippen LogP contribution is -2.32. The van der Waals surface area contributed by atoms with Crippen molar-refractivity contribution in [1.29, 1.82) is 0 Å². The maximum Gasteiger partial charge on any atom is 0.156 e. The van der Waals surface area contributed by atoms with Crippen molar-refractivity contribution in [2.45, 2.75) is 51.3 Å². The molecule has 1 aliphatic heterocycles. The first-order valence-corrected chi connectivity index (χ1v) is 8.89. The predicted molar refractivity (Wildman–Crippen MR) is 89.5 cm³/mol. The highest BCUT2D eigenvalue weighted by Gasteiger charge is 2.33. The lowest BCUT2D eigenvalue weighted by atomic mass is 10.0. The number of aromatic nitrogens is 5. The molecular weight excluding hydrogens is 304 g/mol. The molecule has 0 radical (unpaired) electrons. The van der Waals surface area contributed by atoms with Crippen molar-refractivity contribution in [1.82, 2.24) is 29.9 Å². The van der Waals surface area contributed by atoms with E-state index in [1.165, 1.54) is 18.5 Å². The van der Waals surface area contributed by atoms with Crippen LogP contribution in [0.4, 0.5) is 0 Å². The lowest BCUT2D eigenvalue weighted by molar-refractivity contribution is 0.0703. The fourth-order valence-corrected chi connectivity index (χ4v) is 3.50. The number of hydrogen-bond donors (Lipinski definition) is 1. The summed E-state index contributed by atoms with van der Waals surface area (Å²) in [6.07, 6.45) is 5.77. The van der Waals surface area contributed by atoms with Gasteiger partial charge in [0.2, 0.25) is 0 Å². The van der Waals surface area contributed by atoms with Crippen LogP contribution >= 0.6 is 0 Å². The Morgan fingerprint density at radius 2 is 2.25 bits per heavy atom. The van der Waals surface area contributed by atoms with Crippen molar-refractivity contribution in [3.8, 4) is 0 Å². The van der Waals surface area contributed by atoms with Crippen LogP contribution < -0.4 is 0 Å². The van der Waals surface area contributed by atoms with Gasteiger partial charge in [0.1, 0.15) is 5.82 Å². The van der Waals surface area contributed by atoms with Crippen LogP contribution in [0.15, 0.2) is 12.3 Å². The number of ether oxygens (including phenoxy) is 1. The van der Waals surface area contributed by atoms with Crippen molar-refractivity contribution in [3.63, 3.8) is 0 Å². The molecule has 130 valence electrons. The molecular formula is C17H26N6O. The summed E-state index contributed by atoms with van der Waals surface area (Å²) in [5.41, 5.74) is 1.28. The normalized spacial score (nSPS) is 24.1. The number of rotatable bonds is 7. The topological polar surface area (TPSA) is 71.9 Å².